The third kappa shape index (κ3) is 2.77. The molecule has 0 spiro atoms. The van der Waals surface area contributed by atoms with Gasteiger partial charge in [0.1, 0.15) is 5.82 Å². The van der Waals surface area contributed by atoms with Crippen LogP contribution in [0.5, 0.6) is 0 Å². The minimum atomic E-state index is -0.0314. The zero-order valence-corrected chi connectivity index (χ0v) is 10.9. The van der Waals surface area contributed by atoms with Gasteiger partial charge in [0.05, 0.1) is 12.6 Å². The van der Waals surface area contributed by atoms with Crippen molar-refractivity contribution in [3.05, 3.63) is 46.6 Å². The minimum absolute atomic E-state index is 0.0314. The molecule has 0 unspecified atom stereocenters. The molecule has 2 aromatic rings. The van der Waals surface area contributed by atoms with E-state index in [1.807, 2.05) is 26.8 Å². The Morgan fingerprint density at radius 3 is 2.72 bits per heavy atom. The van der Waals surface area contributed by atoms with E-state index in [2.05, 4.69) is 27.6 Å². The lowest BCUT2D eigenvalue weighted by atomic mass is 10.0. The highest BCUT2D eigenvalue weighted by Gasteiger charge is 2.09. The summed E-state index contributed by atoms with van der Waals surface area (Å²) in [6.07, 6.45) is 2.07. The lowest BCUT2D eigenvalue weighted by Crippen LogP contribution is -2.16. The SMILES string of the molecule is Cc1ccc(C)c(CC(=O)Nc2[nH]ncc2C)c1. The summed E-state index contributed by atoms with van der Waals surface area (Å²) in [7, 11) is 0. The summed E-state index contributed by atoms with van der Waals surface area (Å²) in [5.41, 5.74) is 4.30. The van der Waals surface area contributed by atoms with Crippen molar-refractivity contribution in [2.45, 2.75) is 27.2 Å². The third-order valence-corrected chi connectivity index (χ3v) is 2.95. The number of aryl methyl sites for hydroxylation is 3. The van der Waals surface area contributed by atoms with Gasteiger partial charge in [-0.05, 0) is 31.9 Å². The summed E-state index contributed by atoms with van der Waals surface area (Å²) in [6.45, 7) is 5.94. The average Bonchev–Trinajstić information content (AvgIpc) is 2.70. The van der Waals surface area contributed by atoms with E-state index in [9.17, 15) is 4.79 Å². The number of benzene rings is 1. The first-order chi connectivity index (χ1) is 8.56. The van der Waals surface area contributed by atoms with Crippen molar-refractivity contribution >= 4 is 11.7 Å². The van der Waals surface area contributed by atoms with Crippen molar-refractivity contribution < 1.29 is 4.79 Å². The van der Waals surface area contributed by atoms with Crippen LogP contribution in [0.15, 0.2) is 24.4 Å². The molecule has 0 saturated heterocycles. The molecule has 18 heavy (non-hydrogen) atoms. The van der Waals surface area contributed by atoms with Crippen LogP contribution in [-0.2, 0) is 11.2 Å². The molecule has 0 saturated carbocycles. The molecular weight excluding hydrogens is 226 g/mol. The molecular formula is C14H17N3O. The molecule has 94 valence electrons. The maximum Gasteiger partial charge on any atom is 0.229 e. The second kappa shape index (κ2) is 5.04. The van der Waals surface area contributed by atoms with Gasteiger partial charge in [-0.1, -0.05) is 23.8 Å². The predicted octanol–water partition coefficient (Wildman–Crippen LogP) is 2.52. The Balaban J connectivity index is 2.08. The first-order valence-electron chi connectivity index (χ1n) is 5.92. The van der Waals surface area contributed by atoms with Crippen LogP contribution in [0.3, 0.4) is 0 Å². The van der Waals surface area contributed by atoms with Crippen LogP contribution in [0.4, 0.5) is 5.82 Å². The summed E-state index contributed by atoms with van der Waals surface area (Å²) < 4.78 is 0. The Morgan fingerprint density at radius 2 is 2.06 bits per heavy atom. The van der Waals surface area contributed by atoms with Crippen LogP contribution in [0.1, 0.15) is 22.3 Å². The number of hydrogen-bond acceptors (Lipinski definition) is 2. The summed E-state index contributed by atoms with van der Waals surface area (Å²) in [5.74, 6) is 0.640. The fraction of sp³-hybridized carbons (Fsp3) is 0.286. The standard InChI is InChI=1S/C14H17N3O/c1-9-4-5-10(2)12(6-9)7-13(18)16-14-11(3)8-15-17-14/h4-6,8H,7H2,1-3H3,(H2,15,16,17,18). The van der Waals surface area contributed by atoms with Gasteiger partial charge in [0.2, 0.25) is 5.91 Å². The summed E-state index contributed by atoms with van der Waals surface area (Å²) in [5, 5.41) is 9.47. The van der Waals surface area contributed by atoms with Crippen LogP contribution in [0, 0.1) is 20.8 Å². The molecule has 1 heterocycles. The molecule has 0 bridgehead atoms. The number of aromatic nitrogens is 2. The quantitative estimate of drug-likeness (QED) is 0.870. The zero-order chi connectivity index (χ0) is 13.1. The Morgan fingerprint density at radius 1 is 1.28 bits per heavy atom. The van der Waals surface area contributed by atoms with Gasteiger partial charge in [0.15, 0.2) is 0 Å². The first-order valence-corrected chi connectivity index (χ1v) is 5.92. The Labute approximate surface area is 106 Å². The minimum Gasteiger partial charge on any atom is -0.311 e. The number of nitrogens with one attached hydrogen (secondary N) is 2. The van der Waals surface area contributed by atoms with E-state index in [4.69, 9.17) is 0 Å². The van der Waals surface area contributed by atoms with Crippen LogP contribution >= 0.6 is 0 Å². The maximum atomic E-state index is 11.9. The second-order valence-electron chi connectivity index (χ2n) is 4.58. The fourth-order valence-electron chi connectivity index (χ4n) is 1.82. The molecule has 0 aliphatic carbocycles. The Hall–Kier alpha value is -2.10. The van der Waals surface area contributed by atoms with Crippen LogP contribution in [0.25, 0.3) is 0 Å². The van der Waals surface area contributed by atoms with Crippen molar-refractivity contribution in [1.82, 2.24) is 10.2 Å². The normalized spacial score (nSPS) is 10.4. The van der Waals surface area contributed by atoms with Gasteiger partial charge < -0.3 is 5.32 Å². The number of anilines is 1. The van der Waals surface area contributed by atoms with Gasteiger partial charge in [0.25, 0.3) is 0 Å². The molecule has 0 atom stereocenters. The smallest absolute Gasteiger partial charge is 0.229 e. The fourth-order valence-corrected chi connectivity index (χ4v) is 1.82. The van der Waals surface area contributed by atoms with Crippen LogP contribution in [0.2, 0.25) is 0 Å². The third-order valence-electron chi connectivity index (χ3n) is 2.95. The molecule has 1 amide bonds. The van der Waals surface area contributed by atoms with Gasteiger partial charge in [-0.3, -0.25) is 9.89 Å². The molecule has 0 aliphatic heterocycles. The molecule has 0 fully saturated rings. The average molecular weight is 243 g/mol. The highest BCUT2D eigenvalue weighted by Crippen LogP contribution is 2.13. The summed E-state index contributed by atoms with van der Waals surface area (Å²) >= 11 is 0. The number of nitrogens with zero attached hydrogens (tertiary/aromatic N) is 1. The number of carbonyl (C=O) groups excluding carboxylic acids is 1. The largest absolute Gasteiger partial charge is 0.311 e. The number of amides is 1. The highest BCUT2D eigenvalue weighted by molar-refractivity contribution is 5.92. The molecule has 2 rings (SSSR count). The van der Waals surface area contributed by atoms with E-state index in [0.29, 0.717) is 12.2 Å². The van der Waals surface area contributed by atoms with Crippen LogP contribution < -0.4 is 5.32 Å². The molecule has 4 nitrogen and oxygen atoms in total. The molecule has 0 aliphatic rings. The number of aromatic amines is 1. The maximum absolute atomic E-state index is 11.9. The second-order valence-corrected chi connectivity index (χ2v) is 4.58. The lowest BCUT2D eigenvalue weighted by Gasteiger charge is -2.07. The van der Waals surface area contributed by atoms with E-state index in [0.717, 1.165) is 16.7 Å². The monoisotopic (exact) mass is 243 g/mol. The molecule has 0 radical (unpaired) electrons. The van der Waals surface area contributed by atoms with Crippen molar-refractivity contribution in [3.8, 4) is 0 Å². The lowest BCUT2D eigenvalue weighted by molar-refractivity contribution is -0.115. The van der Waals surface area contributed by atoms with Gasteiger partial charge in [-0.25, -0.2) is 0 Å². The number of rotatable bonds is 3. The molecule has 4 heteroatoms. The Kier molecular flexibility index (Phi) is 3.46. The number of hydrogen-bond donors (Lipinski definition) is 2. The molecule has 1 aromatic heterocycles. The van der Waals surface area contributed by atoms with E-state index in [-0.39, 0.29) is 5.91 Å². The van der Waals surface area contributed by atoms with Crippen molar-refractivity contribution in [2.75, 3.05) is 5.32 Å². The number of carbonyl (C=O) groups is 1. The van der Waals surface area contributed by atoms with Crippen molar-refractivity contribution in [2.24, 2.45) is 0 Å². The topological polar surface area (TPSA) is 57.8 Å². The Bertz CT molecular complexity index is 572. The van der Waals surface area contributed by atoms with Gasteiger partial charge >= 0.3 is 0 Å². The van der Waals surface area contributed by atoms with Crippen molar-refractivity contribution in [3.63, 3.8) is 0 Å². The van der Waals surface area contributed by atoms with Gasteiger partial charge in [0, 0.05) is 5.56 Å². The predicted molar refractivity (Wildman–Crippen MR) is 71.6 cm³/mol. The summed E-state index contributed by atoms with van der Waals surface area (Å²) in [6, 6.07) is 6.14. The molecule has 2 N–H and O–H groups in total. The van der Waals surface area contributed by atoms with E-state index in [1.54, 1.807) is 6.20 Å². The van der Waals surface area contributed by atoms with E-state index < -0.39 is 0 Å². The number of H-pyrrole nitrogens is 1. The molecule has 1 aromatic carbocycles. The van der Waals surface area contributed by atoms with Crippen LogP contribution in [-0.4, -0.2) is 16.1 Å². The first kappa shape index (κ1) is 12.4. The summed E-state index contributed by atoms with van der Waals surface area (Å²) in [4.78, 5) is 11.9. The van der Waals surface area contributed by atoms with Gasteiger partial charge in [-0.15, -0.1) is 0 Å². The van der Waals surface area contributed by atoms with Crippen molar-refractivity contribution in [1.29, 1.82) is 0 Å². The zero-order valence-electron chi connectivity index (χ0n) is 10.9. The van der Waals surface area contributed by atoms with E-state index >= 15 is 0 Å². The van der Waals surface area contributed by atoms with E-state index in [1.165, 1.54) is 5.56 Å². The highest BCUT2D eigenvalue weighted by atomic mass is 16.1. The van der Waals surface area contributed by atoms with Gasteiger partial charge in [-0.2, -0.15) is 5.10 Å².